The van der Waals surface area contributed by atoms with Crippen molar-refractivity contribution in [2.45, 2.75) is 37.8 Å². The number of carbonyl (C=O) groups is 1. The van der Waals surface area contributed by atoms with E-state index in [9.17, 15) is 4.79 Å². The molecule has 1 saturated heterocycles. The van der Waals surface area contributed by atoms with E-state index in [1.807, 2.05) is 4.90 Å². The number of carbonyl (C=O) groups excluding carboxylic acids is 1. The molecule has 26 heavy (non-hydrogen) atoms. The van der Waals surface area contributed by atoms with E-state index in [0.717, 1.165) is 51.1 Å². The third-order valence-electron chi connectivity index (χ3n) is 5.70. The predicted octanol–water partition coefficient (Wildman–Crippen LogP) is 0.981. The van der Waals surface area contributed by atoms with Gasteiger partial charge in [0.1, 0.15) is 0 Å². The molecule has 0 spiro atoms. The quantitative estimate of drug-likeness (QED) is 0.859. The first-order chi connectivity index (χ1) is 12.7. The lowest BCUT2D eigenvalue weighted by atomic mass is 10.1. The Balaban J connectivity index is 1.33. The van der Waals surface area contributed by atoms with Crippen LogP contribution in [0.4, 0.5) is 0 Å². The van der Waals surface area contributed by atoms with Crippen LogP contribution >= 0.6 is 0 Å². The fourth-order valence-electron chi connectivity index (χ4n) is 4.27. The van der Waals surface area contributed by atoms with Crippen LogP contribution in [0.2, 0.25) is 0 Å². The third kappa shape index (κ3) is 3.66. The second-order valence-corrected chi connectivity index (χ2v) is 7.43. The molecule has 1 fully saturated rings. The SMILES string of the molecule is N[C@@H](Cc1cnc[nH]1)C(=O)N1CCCN(C2Cc3ccccc3C2)CC1. The van der Waals surface area contributed by atoms with Crippen LogP contribution in [0.3, 0.4) is 0 Å². The van der Waals surface area contributed by atoms with E-state index in [-0.39, 0.29) is 5.91 Å². The van der Waals surface area contributed by atoms with Gasteiger partial charge in [0.2, 0.25) is 5.91 Å². The van der Waals surface area contributed by atoms with Gasteiger partial charge in [0.25, 0.3) is 0 Å². The summed E-state index contributed by atoms with van der Waals surface area (Å²) in [5.74, 6) is 0.0520. The maximum Gasteiger partial charge on any atom is 0.239 e. The monoisotopic (exact) mass is 353 g/mol. The molecule has 1 amide bonds. The Bertz CT molecular complexity index is 719. The van der Waals surface area contributed by atoms with Gasteiger partial charge in [0, 0.05) is 50.5 Å². The van der Waals surface area contributed by atoms with Crippen LogP contribution in [0, 0.1) is 0 Å². The maximum atomic E-state index is 12.7. The molecule has 6 heteroatoms. The van der Waals surface area contributed by atoms with Crippen LogP contribution in [0.15, 0.2) is 36.8 Å². The second-order valence-electron chi connectivity index (χ2n) is 7.43. The zero-order valence-corrected chi connectivity index (χ0v) is 15.1. The summed E-state index contributed by atoms with van der Waals surface area (Å²) in [4.78, 5) is 24.3. The fraction of sp³-hybridized carbons (Fsp3) is 0.500. The number of benzene rings is 1. The molecule has 1 atom stereocenters. The van der Waals surface area contributed by atoms with Crippen LogP contribution < -0.4 is 5.73 Å². The van der Waals surface area contributed by atoms with E-state index in [1.165, 1.54) is 11.1 Å². The Morgan fingerprint density at radius 3 is 2.65 bits per heavy atom. The lowest BCUT2D eigenvalue weighted by Crippen LogP contribution is -2.47. The van der Waals surface area contributed by atoms with Crippen LogP contribution in [-0.4, -0.2) is 63.9 Å². The summed E-state index contributed by atoms with van der Waals surface area (Å²) in [7, 11) is 0. The Morgan fingerprint density at radius 2 is 1.96 bits per heavy atom. The molecular weight excluding hydrogens is 326 g/mol. The molecule has 6 nitrogen and oxygen atoms in total. The number of hydrogen-bond acceptors (Lipinski definition) is 4. The van der Waals surface area contributed by atoms with Crippen molar-refractivity contribution in [3.8, 4) is 0 Å². The Labute approximate surface area is 154 Å². The van der Waals surface area contributed by atoms with Crippen molar-refractivity contribution >= 4 is 5.91 Å². The maximum absolute atomic E-state index is 12.7. The Kier molecular flexibility index (Phi) is 5.04. The Hall–Kier alpha value is -2.18. The average Bonchev–Trinajstić information content (AvgIpc) is 3.25. The molecule has 2 aromatic rings. The molecule has 0 unspecified atom stereocenters. The van der Waals surface area contributed by atoms with Crippen molar-refractivity contribution < 1.29 is 4.79 Å². The number of fused-ring (bicyclic) bond motifs is 1. The van der Waals surface area contributed by atoms with E-state index < -0.39 is 6.04 Å². The first kappa shape index (κ1) is 17.2. The minimum absolute atomic E-state index is 0.0520. The smallest absolute Gasteiger partial charge is 0.239 e. The molecule has 1 aromatic carbocycles. The molecular formula is C20H27N5O. The predicted molar refractivity (Wildman–Crippen MR) is 101 cm³/mol. The van der Waals surface area contributed by atoms with Gasteiger partial charge < -0.3 is 15.6 Å². The molecule has 0 saturated carbocycles. The lowest BCUT2D eigenvalue weighted by Gasteiger charge is -2.28. The summed E-state index contributed by atoms with van der Waals surface area (Å²) in [6.07, 6.45) is 7.13. The van der Waals surface area contributed by atoms with E-state index >= 15 is 0 Å². The topological polar surface area (TPSA) is 78.2 Å². The molecule has 3 N–H and O–H groups in total. The number of aromatic amines is 1. The van der Waals surface area contributed by atoms with Gasteiger partial charge >= 0.3 is 0 Å². The molecule has 1 aliphatic carbocycles. The van der Waals surface area contributed by atoms with Crippen LogP contribution in [0.5, 0.6) is 0 Å². The molecule has 2 heterocycles. The third-order valence-corrected chi connectivity index (χ3v) is 5.70. The number of rotatable bonds is 4. The number of H-pyrrole nitrogens is 1. The van der Waals surface area contributed by atoms with Gasteiger partial charge in [-0.3, -0.25) is 9.69 Å². The highest BCUT2D eigenvalue weighted by Crippen LogP contribution is 2.26. The van der Waals surface area contributed by atoms with Crippen LogP contribution in [0.25, 0.3) is 0 Å². The number of aromatic nitrogens is 2. The molecule has 1 aliphatic heterocycles. The minimum atomic E-state index is -0.502. The van der Waals surface area contributed by atoms with Crippen LogP contribution in [0.1, 0.15) is 23.2 Å². The highest BCUT2D eigenvalue weighted by atomic mass is 16.2. The van der Waals surface area contributed by atoms with Gasteiger partial charge in [-0.05, 0) is 30.4 Å². The highest BCUT2D eigenvalue weighted by molar-refractivity contribution is 5.82. The zero-order valence-electron chi connectivity index (χ0n) is 15.1. The largest absolute Gasteiger partial charge is 0.348 e. The molecule has 0 bridgehead atoms. The van der Waals surface area contributed by atoms with Crippen molar-refractivity contribution in [1.82, 2.24) is 19.8 Å². The minimum Gasteiger partial charge on any atom is -0.348 e. The van der Waals surface area contributed by atoms with Crippen LogP contribution in [-0.2, 0) is 24.1 Å². The van der Waals surface area contributed by atoms with E-state index in [0.29, 0.717) is 12.5 Å². The highest BCUT2D eigenvalue weighted by Gasteiger charge is 2.30. The van der Waals surface area contributed by atoms with Gasteiger partial charge in [-0.2, -0.15) is 0 Å². The first-order valence-corrected chi connectivity index (χ1v) is 9.53. The van der Waals surface area contributed by atoms with Gasteiger partial charge in [-0.1, -0.05) is 24.3 Å². The Morgan fingerprint density at radius 1 is 1.19 bits per heavy atom. The molecule has 1 aromatic heterocycles. The number of nitrogens with two attached hydrogens (primary N) is 1. The summed E-state index contributed by atoms with van der Waals surface area (Å²) in [6, 6.07) is 8.82. The van der Waals surface area contributed by atoms with Gasteiger partial charge in [-0.25, -0.2) is 4.98 Å². The summed E-state index contributed by atoms with van der Waals surface area (Å²) in [5.41, 5.74) is 10.0. The fourth-order valence-corrected chi connectivity index (χ4v) is 4.27. The van der Waals surface area contributed by atoms with Crippen molar-refractivity contribution in [3.05, 3.63) is 53.6 Å². The number of nitrogens with one attached hydrogen (secondary N) is 1. The molecule has 4 rings (SSSR count). The standard InChI is InChI=1S/C20H27N5O/c21-19(12-17-13-22-14-23-17)20(26)25-7-3-6-24(8-9-25)18-10-15-4-1-2-5-16(15)11-18/h1-2,4-5,13-14,18-19H,3,6-12,21H2,(H,22,23)/t19-/m0/s1. The van der Waals surface area contributed by atoms with Crippen molar-refractivity contribution in [3.63, 3.8) is 0 Å². The van der Waals surface area contributed by atoms with Gasteiger partial charge in [0.15, 0.2) is 0 Å². The zero-order chi connectivity index (χ0) is 17.9. The van der Waals surface area contributed by atoms with Crippen molar-refractivity contribution in [1.29, 1.82) is 0 Å². The van der Waals surface area contributed by atoms with E-state index in [4.69, 9.17) is 5.73 Å². The summed E-state index contributed by atoms with van der Waals surface area (Å²) < 4.78 is 0. The number of hydrogen-bond donors (Lipinski definition) is 2. The normalized spacial score (nSPS) is 20.0. The van der Waals surface area contributed by atoms with Crippen molar-refractivity contribution in [2.24, 2.45) is 5.73 Å². The van der Waals surface area contributed by atoms with Gasteiger partial charge in [0.05, 0.1) is 12.4 Å². The molecule has 138 valence electrons. The summed E-state index contributed by atoms with van der Waals surface area (Å²) in [5, 5.41) is 0. The molecule has 0 radical (unpaired) electrons. The van der Waals surface area contributed by atoms with E-state index in [2.05, 4.69) is 39.1 Å². The first-order valence-electron chi connectivity index (χ1n) is 9.53. The van der Waals surface area contributed by atoms with E-state index in [1.54, 1.807) is 12.5 Å². The lowest BCUT2D eigenvalue weighted by molar-refractivity contribution is -0.132. The summed E-state index contributed by atoms with van der Waals surface area (Å²) >= 11 is 0. The number of amides is 1. The summed E-state index contributed by atoms with van der Waals surface area (Å²) in [6.45, 7) is 3.55. The van der Waals surface area contributed by atoms with Crippen molar-refractivity contribution in [2.75, 3.05) is 26.2 Å². The molecule has 2 aliphatic rings. The van der Waals surface area contributed by atoms with Gasteiger partial charge in [-0.15, -0.1) is 0 Å². The number of imidazole rings is 1. The average molecular weight is 353 g/mol. The number of nitrogens with zero attached hydrogens (tertiary/aromatic N) is 3. The second kappa shape index (κ2) is 7.60.